The molecule has 7 heteroatoms. The predicted octanol–water partition coefficient (Wildman–Crippen LogP) is 3.34. The molecule has 1 amide bonds. The van der Waals surface area contributed by atoms with Crippen LogP contribution in [0.15, 0.2) is 28.2 Å². The van der Waals surface area contributed by atoms with Gasteiger partial charge in [0.15, 0.2) is 5.16 Å². The fraction of sp³-hybridized carbons (Fsp3) is 0.353. The number of aryl methyl sites for hydroxylation is 2. The van der Waals surface area contributed by atoms with Gasteiger partial charge in [0.2, 0.25) is 5.91 Å². The second kappa shape index (κ2) is 6.99. The van der Waals surface area contributed by atoms with E-state index in [1.165, 1.54) is 11.8 Å². The third kappa shape index (κ3) is 3.65. The first-order valence-electron chi connectivity index (χ1n) is 7.80. The van der Waals surface area contributed by atoms with Crippen LogP contribution in [-0.2, 0) is 17.6 Å². The zero-order valence-corrected chi connectivity index (χ0v) is 15.1. The van der Waals surface area contributed by atoms with E-state index in [9.17, 15) is 9.59 Å². The number of amides is 1. The maximum Gasteiger partial charge on any atom is 0.254 e. The number of aromatic amines is 1. The van der Waals surface area contributed by atoms with Crippen molar-refractivity contribution < 1.29 is 4.79 Å². The number of fused-ring (bicyclic) bond motifs is 1. The third-order valence-corrected chi connectivity index (χ3v) is 5.25. The largest absolute Gasteiger partial charge is 0.325 e. The van der Waals surface area contributed by atoms with E-state index < -0.39 is 5.25 Å². The van der Waals surface area contributed by atoms with Crippen LogP contribution in [-0.4, -0.2) is 21.1 Å². The average molecular weight is 364 g/mol. The van der Waals surface area contributed by atoms with E-state index in [0.29, 0.717) is 15.9 Å². The molecule has 0 aliphatic heterocycles. The smallest absolute Gasteiger partial charge is 0.254 e. The number of thioether (sulfide) groups is 1. The van der Waals surface area contributed by atoms with Gasteiger partial charge in [0, 0.05) is 16.3 Å². The number of carbonyl (C=O) groups is 1. The van der Waals surface area contributed by atoms with E-state index in [1.54, 1.807) is 19.1 Å². The summed E-state index contributed by atoms with van der Waals surface area (Å²) in [6.07, 6.45) is 2.57. The number of carbonyl (C=O) groups excluding carboxylic acids is 1. The number of H-pyrrole nitrogens is 1. The van der Waals surface area contributed by atoms with Crippen molar-refractivity contribution in [3.63, 3.8) is 0 Å². The van der Waals surface area contributed by atoms with E-state index in [0.717, 1.165) is 36.1 Å². The Kier molecular flexibility index (Phi) is 4.96. The van der Waals surface area contributed by atoms with Crippen LogP contribution in [0.4, 0.5) is 5.69 Å². The van der Waals surface area contributed by atoms with Crippen molar-refractivity contribution in [3.05, 3.63) is 50.4 Å². The fourth-order valence-corrected chi connectivity index (χ4v) is 3.65. The lowest BCUT2D eigenvalue weighted by molar-refractivity contribution is -0.115. The number of rotatable bonds is 4. The van der Waals surface area contributed by atoms with E-state index in [4.69, 9.17) is 11.6 Å². The van der Waals surface area contributed by atoms with Crippen molar-refractivity contribution in [1.82, 2.24) is 9.97 Å². The molecule has 0 unspecified atom stereocenters. The highest BCUT2D eigenvalue weighted by Crippen LogP contribution is 2.25. The molecule has 24 heavy (non-hydrogen) atoms. The van der Waals surface area contributed by atoms with Crippen molar-refractivity contribution >= 4 is 35.0 Å². The van der Waals surface area contributed by atoms with Gasteiger partial charge < -0.3 is 10.3 Å². The lowest BCUT2D eigenvalue weighted by atomic mass is 10.2. The van der Waals surface area contributed by atoms with E-state index in [-0.39, 0.29) is 11.5 Å². The normalized spacial score (nSPS) is 14.3. The number of benzene rings is 1. The molecule has 2 aromatic rings. The van der Waals surface area contributed by atoms with Crippen LogP contribution in [0.3, 0.4) is 0 Å². The Hall–Kier alpha value is -1.79. The van der Waals surface area contributed by atoms with Crippen molar-refractivity contribution in [3.8, 4) is 0 Å². The number of nitrogens with one attached hydrogen (secondary N) is 2. The maximum atomic E-state index is 12.4. The summed E-state index contributed by atoms with van der Waals surface area (Å²) >= 11 is 7.22. The molecule has 0 spiro atoms. The van der Waals surface area contributed by atoms with E-state index in [1.807, 2.05) is 13.0 Å². The molecule has 2 N–H and O–H groups in total. The SMILES string of the molecule is Cc1ccc(Cl)cc1NC(=O)[C@@H](C)Sc1nc2c(c(=O)[nH]1)CCC2. The molecule has 126 valence electrons. The first kappa shape index (κ1) is 17.0. The van der Waals surface area contributed by atoms with E-state index >= 15 is 0 Å². The topological polar surface area (TPSA) is 74.8 Å². The van der Waals surface area contributed by atoms with Crippen molar-refractivity contribution in [1.29, 1.82) is 0 Å². The van der Waals surface area contributed by atoms with Gasteiger partial charge in [0.1, 0.15) is 0 Å². The second-order valence-corrected chi connectivity index (χ2v) is 7.62. The average Bonchev–Trinajstić information content (AvgIpc) is 2.99. The minimum atomic E-state index is -0.397. The van der Waals surface area contributed by atoms with Gasteiger partial charge in [-0.3, -0.25) is 9.59 Å². The van der Waals surface area contributed by atoms with Crippen molar-refractivity contribution in [2.24, 2.45) is 0 Å². The minimum Gasteiger partial charge on any atom is -0.325 e. The zero-order valence-electron chi connectivity index (χ0n) is 13.5. The molecule has 0 bridgehead atoms. The molecule has 0 fully saturated rings. The molecule has 0 saturated heterocycles. The van der Waals surface area contributed by atoms with Gasteiger partial charge in [-0.05, 0) is 50.8 Å². The van der Waals surface area contributed by atoms with E-state index in [2.05, 4.69) is 15.3 Å². The highest BCUT2D eigenvalue weighted by molar-refractivity contribution is 8.00. The van der Waals surface area contributed by atoms with Crippen LogP contribution >= 0.6 is 23.4 Å². The summed E-state index contributed by atoms with van der Waals surface area (Å²) < 4.78 is 0. The van der Waals surface area contributed by atoms with Gasteiger partial charge >= 0.3 is 0 Å². The molecular weight excluding hydrogens is 346 g/mol. The number of hydrogen-bond acceptors (Lipinski definition) is 4. The number of anilines is 1. The van der Waals surface area contributed by atoms with Gasteiger partial charge in [0.25, 0.3) is 5.56 Å². The lowest BCUT2D eigenvalue weighted by Crippen LogP contribution is -2.24. The Labute approximate surface area is 149 Å². The maximum absolute atomic E-state index is 12.4. The van der Waals surface area contributed by atoms with Gasteiger partial charge in [-0.1, -0.05) is 29.4 Å². The standard InChI is InChI=1S/C17H18ClN3O2S/c1-9-6-7-11(18)8-14(9)19-15(22)10(2)24-17-20-13-5-3-4-12(13)16(23)21-17/h6-8,10H,3-5H2,1-2H3,(H,19,22)(H,20,21,23)/t10-/m1/s1. The molecule has 3 rings (SSSR count). The van der Waals surface area contributed by atoms with Crippen LogP contribution < -0.4 is 10.9 Å². The Balaban J connectivity index is 1.72. The first-order chi connectivity index (χ1) is 11.4. The lowest BCUT2D eigenvalue weighted by Gasteiger charge is -2.13. The summed E-state index contributed by atoms with van der Waals surface area (Å²) in [5.74, 6) is -0.159. The summed E-state index contributed by atoms with van der Waals surface area (Å²) in [4.78, 5) is 31.7. The Bertz CT molecular complexity index is 850. The molecule has 1 aliphatic carbocycles. The van der Waals surface area contributed by atoms with Crippen LogP contribution in [0.2, 0.25) is 5.02 Å². The van der Waals surface area contributed by atoms with Gasteiger partial charge in [-0.15, -0.1) is 0 Å². The van der Waals surface area contributed by atoms with Crippen LogP contribution in [0.25, 0.3) is 0 Å². The first-order valence-corrected chi connectivity index (χ1v) is 9.05. The summed E-state index contributed by atoms with van der Waals surface area (Å²) in [5, 5.41) is 3.54. The molecule has 0 saturated carbocycles. The summed E-state index contributed by atoms with van der Waals surface area (Å²) in [6.45, 7) is 3.69. The third-order valence-electron chi connectivity index (χ3n) is 4.03. The van der Waals surface area contributed by atoms with Gasteiger partial charge in [-0.2, -0.15) is 0 Å². The summed E-state index contributed by atoms with van der Waals surface area (Å²) in [7, 11) is 0. The molecule has 1 atom stereocenters. The monoisotopic (exact) mass is 363 g/mol. The Morgan fingerprint density at radius 1 is 1.42 bits per heavy atom. The Morgan fingerprint density at radius 3 is 3.00 bits per heavy atom. The summed E-state index contributed by atoms with van der Waals surface area (Å²) in [5.41, 5.74) is 3.19. The number of nitrogens with zero attached hydrogens (tertiary/aromatic N) is 1. The molecular formula is C17H18ClN3O2S. The Morgan fingerprint density at radius 2 is 2.21 bits per heavy atom. The van der Waals surface area contributed by atoms with Crippen LogP contribution in [0.1, 0.15) is 30.2 Å². The zero-order chi connectivity index (χ0) is 17.3. The van der Waals surface area contributed by atoms with Crippen molar-refractivity contribution in [2.45, 2.75) is 43.5 Å². The number of hydrogen-bond donors (Lipinski definition) is 2. The predicted molar refractivity (Wildman–Crippen MR) is 97.0 cm³/mol. The fourth-order valence-electron chi connectivity index (χ4n) is 2.66. The molecule has 5 nitrogen and oxygen atoms in total. The quantitative estimate of drug-likeness (QED) is 0.645. The molecule has 1 aliphatic rings. The number of aromatic nitrogens is 2. The molecule has 1 heterocycles. The summed E-state index contributed by atoms with van der Waals surface area (Å²) in [6, 6.07) is 5.36. The van der Waals surface area contributed by atoms with Crippen LogP contribution in [0, 0.1) is 6.92 Å². The van der Waals surface area contributed by atoms with Gasteiger partial charge in [0.05, 0.1) is 10.9 Å². The highest BCUT2D eigenvalue weighted by Gasteiger charge is 2.21. The molecule has 0 radical (unpaired) electrons. The second-order valence-electron chi connectivity index (χ2n) is 5.86. The number of halogens is 1. The van der Waals surface area contributed by atoms with Crippen molar-refractivity contribution in [2.75, 3.05) is 5.32 Å². The van der Waals surface area contributed by atoms with Gasteiger partial charge in [-0.25, -0.2) is 4.98 Å². The molecule has 1 aromatic heterocycles. The molecule has 1 aromatic carbocycles. The van der Waals surface area contributed by atoms with Crippen LogP contribution in [0.5, 0.6) is 0 Å². The highest BCUT2D eigenvalue weighted by atomic mass is 35.5. The minimum absolute atomic E-state index is 0.0849.